The molecule has 3 aromatic rings. The van der Waals surface area contributed by atoms with Gasteiger partial charge in [0, 0.05) is 18.2 Å². The van der Waals surface area contributed by atoms with E-state index in [1.807, 2.05) is 13.0 Å². The molecule has 0 aliphatic rings. The van der Waals surface area contributed by atoms with Gasteiger partial charge >= 0.3 is 5.97 Å². The molecule has 9 nitrogen and oxygen atoms in total. The summed E-state index contributed by atoms with van der Waals surface area (Å²) in [7, 11) is 0. The van der Waals surface area contributed by atoms with Crippen LogP contribution in [0.5, 0.6) is 11.5 Å². The van der Waals surface area contributed by atoms with Gasteiger partial charge in [-0.2, -0.15) is 0 Å². The number of esters is 1. The highest BCUT2D eigenvalue weighted by Gasteiger charge is 2.13. The molecule has 0 unspecified atom stereocenters. The van der Waals surface area contributed by atoms with E-state index in [1.54, 1.807) is 31.2 Å². The summed E-state index contributed by atoms with van der Waals surface area (Å²) >= 11 is 0. The van der Waals surface area contributed by atoms with Crippen molar-refractivity contribution in [3.63, 3.8) is 0 Å². The Morgan fingerprint density at radius 2 is 1.69 bits per heavy atom. The van der Waals surface area contributed by atoms with Gasteiger partial charge in [0.1, 0.15) is 17.3 Å². The Labute approximate surface area is 203 Å². The van der Waals surface area contributed by atoms with Gasteiger partial charge in [0.2, 0.25) is 5.91 Å². The second-order valence-corrected chi connectivity index (χ2v) is 8.40. The number of amides is 2. The van der Waals surface area contributed by atoms with Gasteiger partial charge in [-0.1, -0.05) is 31.1 Å². The average Bonchev–Trinajstić information content (AvgIpc) is 3.21. The topological polar surface area (TPSA) is 120 Å². The van der Waals surface area contributed by atoms with Crippen LogP contribution in [0.1, 0.15) is 49.5 Å². The average molecular weight is 480 g/mol. The van der Waals surface area contributed by atoms with Crippen molar-refractivity contribution in [3.05, 3.63) is 65.4 Å². The van der Waals surface area contributed by atoms with Gasteiger partial charge < -0.3 is 24.6 Å². The second-order valence-electron chi connectivity index (χ2n) is 8.40. The van der Waals surface area contributed by atoms with Crippen LogP contribution in [-0.2, 0) is 19.1 Å². The van der Waals surface area contributed by atoms with Gasteiger partial charge in [0.15, 0.2) is 12.4 Å². The van der Waals surface area contributed by atoms with Gasteiger partial charge in [-0.05, 0) is 61.2 Å². The molecule has 35 heavy (non-hydrogen) atoms. The lowest BCUT2D eigenvalue weighted by molar-refractivity contribution is -0.147. The molecule has 0 radical (unpaired) electrons. The van der Waals surface area contributed by atoms with E-state index in [0.29, 0.717) is 23.1 Å². The Morgan fingerprint density at radius 1 is 0.943 bits per heavy atom. The first-order valence-electron chi connectivity index (χ1n) is 11.3. The van der Waals surface area contributed by atoms with Crippen LogP contribution in [0.25, 0.3) is 0 Å². The molecule has 0 fully saturated rings. The van der Waals surface area contributed by atoms with E-state index in [-0.39, 0.29) is 24.6 Å². The fourth-order valence-corrected chi connectivity index (χ4v) is 3.20. The Bertz CT molecular complexity index is 1180. The number of ether oxygens (including phenoxy) is 2. The molecule has 2 aromatic carbocycles. The number of carbonyl (C=O) groups is 3. The maximum absolute atomic E-state index is 12.2. The number of carbonyl (C=O) groups excluding carboxylic acids is 3. The lowest BCUT2D eigenvalue weighted by Gasteiger charge is -2.15. The van der Waals surface area contributed by atoms with Crippen molar-refractivity contribution in [2.45, 2.75) is 46.5 Å². The van der Waals surface area contributed by atoms with Crippen molar-refractivity contribution in [2.24, 2.45) is 0 Å². The van der Waals surface area contributed by atoms with Crippen molar-refractivity contribution >= 4 is 29.3 Å². The Morgan fingerprint density at radius 3 is 2.34 bits per heavy atom. The molecule has 0 atom stereocenters. The molecule has 0 spiro atoms. The van der Waals surface area contributed by atoms with Crippen LogP contribution in [0.2, 0.25) is 0 Å². The summed E-state index contributed by atoms with van der Waals surface area (Å²) in [6, 6.07) is 14.7. The van der Waals surface area contributed by atoms with E-state index >= 15 is 0 Å². The minimum absolute atomic E-state index is 0.0811. The summed E-state index contributed by atoms with van der Waals surface area (Å²) in [5.74, 6) is 0.995. The van der Waals surface area contributed by atoms with Gasteiger partial charge in [-0.15, -0.1) is 0 Å². The molecular weight excluding hydrogens is 450 g/mol. The molecule has 0 saturated heterocycles. The summed E-state index contributed by atoms with van der Waals surface area (Å²) in [6.45, 7) is 7.44. The van der Waals surface area contributed by atoms with E-state index in [0.717, 1.165) is 16.9 Å². The normalized spacial score (nSPS) is 10.7. The largest absolute Gasteiger partial charge is 0.457 e. The van der Waals surface area contributed by atoms with E-state index in [9.17, 15) is 14.4 Å². The number of hydrogen-bond donors (Lipinski definition) is 2. The molecule has 0 saturated carbocycles. The highest BCUT2D eigenvalue weighted by molar-refractivity contribution is 5.94. The van der Waals surface area contributed by atoms with E-state index in [2.05, 4.69) is 41.8 Å². The second kappa shape index (κ2) is 11.8. The first-order chi connectivity index (χ1) is 16.7. The Hall–Kier alpha value is -4.14. The summed E-state index contributed by atoms with van der Waals surface area (Å²) < 4.78 is 15.8. The first kappa shape index (κ1) is 25.5. The number of aromatic nitrogens is 1. The third kappa shape index (κ3) is 7.99. The molecule has 0 aliphatic heterocycles. The molecule has 1 heterocycles. The summed E-state index contributed by atoms with van der Waals surface area (Å²) in [6.07, 6.45) is -0.239. The van der Waals surface area contributed by atoms with Crippen LogP contribution in [0.4, 0.5) is 11.5 Å². The molecule has 3 rings (SSSR count). The smallest absolute Gasteiger partial charge is 0.306 e. The fourth-order valence-electron chi connectivity index (χ4n) is 3.20. The Balaban J connectivity index is 1.42. The molecule has 2 amide bonds. The number of benzene rings is 2. The lowest BCUT2D eigenvalue weighted by Crippen LogP contribution is -2.21. The molecule has 2 N–H and O–H groups in total. The minimum atomic E-state index is -0.658. The Kier molecular flexibility index (Phi) is 8.61. The van der Waals surface area contributed by atoms with Crippen molar-refractivity contribution in [2.75, 3.05) is 17.2 Å². The van der Waals surface area contributed by atoms with Gasteiger partial charge in [-0.25, -0.2) is 0 Å². The van der Waals surface area contributed by atoms with Crippen LogP contribution in [0.3, 0.4) is 0 Å². The van der Waals surface area contributed by atoms with Crippen LogP contribution in [0, 0.1) is 13.8 Å². The predicted octanol–water partition coefficient (Wildman–Crippen LogP) is 5.11. The number of nitrogens with zero attached hydrogens (tertiary/aromatic N) is 1. The highest BCUT2D eigenvalue weighted by Crippen LogP contribution is 2.32. The molecule has 0 bridgehead atoms. The van der Waals surface area contributed by atoms with Crippen LogP contribution < -0.4 is 15.4 Å². The zero-order valence-corrected chi connectivity index (χ0v) is 20.2. The van der Waals surface area contributed by atoms with E-state index < -0.39 is 18.5 Å². The number of rotatable bonds is 10. The molecule has 9 heteroatoms. The number of aryl methyl sites for hydroxylation is 2. The molecular formula is C26H29N3O6. The van der Waals surface area contributed by atoms with Gasteiger partial charge in [0.25, 0.3) is 5.91 Å². The first-order valence-corrected chi connectivity index (χ1v) is 11.3. The van der Waals surface area contributed by atoms with Gasteiger partial charge in [0.05, 0.1) is 6.42 Å². The van der Waals surface area contributed by atoms with Crippen molar-refractivity contribution in [1.82, 2.24) is 5.16 Å². The maximum atomic E-state index is 12.2. The summed E-state index contributed by atoms with van der Waals surface area (Å²) in [4.78, 5) is 35.8. The fraction of sp³-hybridized carbons (Fsp3) is 0.308. The third-order valence-electron chi connectivity index (χ3n) is 4.97. The van der Waals surface area contributed by atoms with Crippen LogP contribution in [0.15, 0.2) is 53.1 Å². The SMILES string of the molecule is Cc1ccc(C(C)C)c(Oc2ccc(NC(=O)CCC(=O)OCC(=O)Nc3cc(C)on3)cc2)c1. The number of anilines is 2. The van der Waals surface area contributed by atoms with Crippen molar-refractivity contribution in [3.8, 4) is 11.5 Å². The molecule has 1 aromatic heterocycles. The van der Waals surface area contributed by atoms with E-state index in [4.69, 9.17) is 14.0 Å². The minimum Gasteiger partial charge on any atom is -0.457 e. The summed E-state index contributed by atoms with van der Waals surface area (Å²) in [5.41, 5.74) is 2.80. The van der Waals surface area contributed by atoms with Crippen LogP contribution >= 0.6 is 0 Å². The van der Waals surface area contributed by atoms with Crippen molar-refractivity contribution < 1.29 is 28.4 Å². The number of nitrogens with one attached hydrogen (secondary N) is 2. The predicted molar refractivity (Wildman–Crippen MR) is 130 cm³/mol. The van der Waals surface area contributed by atoms with Gasteiger partial charge in [-0.3, -0.25) is 14.4 Å². The molecule has 0 aliphatic carbocycles. The third-order valence-corrected chi connectivity index (χ3v) is 4.97. The van der Waals surface area contributed by atoms with Crippen molar-refractivity contribution in [1.29, 1.82) is 0 Å². The van der Waals surface area contributed by atoms with E-state index in [1.165, 1.54) is 6.07 Å². The maximum Gasteiger partial charge on any atom is 0.306 e. The quantitative estimate of drug-likeness (QED) is 0.388. The lowest BCUT2D eigenvalue weighted by atomic mass is 10.0. The standard InChI is InChI=1S/C26H29N3O6/c1-16(2)21-10-5-17(3)13-22(21)34-20-8-6-19(7-9-20)27-24(30)11-12-26(32)33-15-25(31)28-23-14-18(4)35-29-23/h5-10,13-14,16H,11-12,15H2,1-4H3,(H,27,30)(H,28,29,31). The number of hydrogen-bond acceptors (Lipinski definition) is 7. The zero-order valence-electron chi connectivity index (χ0n) is 20.2. The van der Waals surface area contributed by atoms with Crippen LogP contribution in [-0.4, -0.2) is 29.5 Å². The zero-order chi connectivity index (χ0) is 25.4. The highest BCUT2D eigenvalue weighted by atomic mass is 16.5. The molecule has 184 valence electrons. The monoisotopic (exact) mass is 479 g/mol. The summed E-state index contributed by atoms with van der Waals surface area (Å²) in [5, 5.41) is 8.78.